The topological polar surface area (TPSA) is 96.0 Å². The summed E-state index contributed by atoms with van der Waals surface area (Å²) in [6, 6.07) is 8.80. The van der Waals surface area contributed by atoms with Gasteiger partial charge in [0.05, 0.1) is 10.6 Å². The Kier molecular flexibility index (Phi) is 5.72. The molecule has 1 saturated heterocycles. The fraction of sp³-hybridized carbons (Fsp3) is 0.391. The Morgan fingerprint density at radius 3 is 2.38 bits per heavy atom. The van der Waals surface area contributed by atoms with Gasteiger partial charge in [-0.1, -0.05) is 17.7 Å². The highest BCUT2D eigenvalue weighted by molar-refractivity contribution is 7.89. The lowest BCUT2D eigenvalue weighted by Crippen LogP contribution is -2.50. The van der Waals surface area contributed by atoms with Crippen LogP contribution in [0.15, 0.2) is 35.2 Å². The average molecular weight is 458 g/mol. The van der Waals surface area contributed by atoms with Crippen molar-refractivity contribution in [3.8, 4) is 5.75 Å². The number of hydrogen-bond acceptors (Lipinski definition) is 5. The number of rotatable bonds is 3. The molecule has 0 spiro atoms. The van der Waals surface area contributed by atoms with Crippen LogP contribution in [0.5, 0.6) is 5.75 Å². The van der Waals surface area contributed by atoms with Crippen LogP contribution < -0.4 is 10.1 Å². The zero-order valence-corrected chi connectivity index (χ0v) is 19.5. The molecule has 2 heterocycles. The molecule has 0 aromatic heterocycles. The number of carbonyl (C=O) groups excluding carboxylic acids is 2. The number of aryl methyl sites for hydroxylation is 3. The smallest absolute Gasteiger partial charge is 0.265 e. The number of fused-ring (bicyclic) bond motifs is 1. The molecule has 1 atom stereocenters. The summed E-state index contributed by atoms with van der Waals surface area (Å²) in [6.45, 7) is 8.25. The normalized spacial score (nSPS) is 19.2. The number of nitrogens with one attached hydrogen (secondary N) is 1. The van der Waals surface area contributed by atoms with Crippen molar-refractivity contribution in [2.75, 3.05) is 31.5 Å². The van der Waals surface area contributed by atoms with E-state index in [0.717, 1.165) is 11.1 Å². The van der Waals surface area contributed by atoms with Crippen LogP contribution in [0.25, 0.3) is 0 Å². The van der Waals surface area contributed by atoms with Crippen molar-refractivity contribution < 1.29 is 22.7 Å². The summed E-state index contributed by atoms with van der Waals surface area (Å²) in [7, 11) is -3.78. The molecule has 8 nitrogen and oxygen atoms in total. The van der Waals surface area contributed by atoms with E-state index >= 15 is 0 Å². The fourth-order valence-electron chi connectivity index (χ4n) is 4.12. The van der Waals surface area contributed by atoms with Crippen molar-refractivity contribution in [2.45, 2.75) is 38.7 Å². The van der Waals surface area contributed by atoms with E-state index in [1.807, 2.05) is 32.0 Å². The molecule has 170 valence electrons. The lowest BCUT2D eigenvalue weighted by molar-refractivity contribution is -0.122. The number of benzene rings is 2. The summed E-state index contributed by atoms with van der Waals surface area (Å²) in [5, 5.41) is 2.73. The van der Waals surface area contributed by atoms with E-state index in [1.165, 1.54) is 10.4 Å². The number of hydrogen-bond donors (Lipinski definition) is 1. The quantitative estimate of drug-likeness (QED) is 0.764. The molecule has 0 unspecified atom stereocenters. The Balaban J connectivity index is 1.51. The van der Waals surface area contributed by atoms with Crippen molar-refractivity contribution in [1.82, 2.24) is 9.21 Å². The molecule has 2 aromatic carbocycles. The van der Waals surface area contributed by atoms with Gasteiger partial charge >= 0.3 is 0 Å². The molecular weight excluding hydrogens is 430 g/mol. The highest BCUT2D eigenvalue weighted by atomic mass is 32.2. The van der Waals surface area contributed by atoms with Gasteiger partial charge in [-0.15, -0.1) is 0 Å². The van der Waals surface area contributed by atoms with Crippen LogP contribution >= 0.6 is 0 Å². The van der Waals surface area contributed by atoms with Crippen LogP contribution in [-0.2, 0) is 14.8 Å². The maximum Gasteiger partial charge on any atom is 0.265 e. The summed E-state index contributed by atoms with van der Waals surface area (Å²) >= 11 is 0. The standard InChI is InChI=1S/C23H27N3O5S/c1-14-5-6-18(15(2)11-14)23(28)25-7-9-26(10-8-25)32(29,30)21-13-20-19(12-16(21)3)24-22(27)17(4)31-20/h5-6,11-13,17H,7-10H2,1-4H3,(H,24,27)/t17-/m1/s1. The summed E-state index contributed by atoms with van der Waals surface area (Å²) in [4.78, 5) is 26.6. The summed E-state index contributed by atoms with van der Waals surface area (Å²) in [6.07, 6.45) is -0.694. The number of amides is 2. The third kappa shape index (κ3) is 3.98. The number of ether oxygens (including phenoxy) is 1. The molecule has 2 amide bonds. The predicted molar refractivity (Wildman–Crippen MR) is 120 cm³/mol. The van der Waals surface area contributed by atoms with Gasteiger partial charge in [-0.2, -0.15) is 4.31 Å². The van der Waals surface area contributed by atoms with Gasteiger partial charge < -0.3 is 15.0 Å². The zero-order valence-electron chi connectivity index (χ0n) is 18.6. The van der Waals surface area contributed by atoms with Crippen LogP contribution in [0.1, 0.15) is 34.0 Å². The molecular formula is C23H27N3O5S. The lowest BCUT2D eigenvalue weighted by Gasteiger charge is -2.35. The van der Waals surface area contributed by atoms with Gasteiger partial charge in [-0.3, -0.25) is 9.59 Å². The minimum absolute atomic E-state index is 0.0809. The first-order valence-electron chi connectivity index (χ1n) is 10.6. The van der Waals surface area contributed by atoms with E-state index in [2.05, 4.69) is 5.32 Å². The first kappa shape index (κ1) is 22.3. The minimum Gasteiger partial charge on any atom is -0.479 e. The van der Waals surface area contributed by atoms with Crippen molar-refractivity contribution in [3.63, 3.8) is 0 Å². The van der Waals surface area contributed by atoms with Crippen molar-refractivity contribution in [3.05, 3.63) is 52.6 Å². The summed E-state index contributed by atoms with van der Waals surface area (Å²) in [5.41, 5.74) is 3.64. The Morgan fingerprint density at radius 1 is 1.03 bits per heavy atom. The maximum absolute atomic E-state index is 13.4. The Labute approximate surface area is 188 Å². The molecule has 1 fully saturated rings. The fourth-order valence-corrected chi connectivity index (χ4v) is 5.76. The third-order valence-electron chi connectivity index (χ3n) is 5.96. The molecule has 9 heteroatoms. The molecule has 0 saturated carbocycles. The highest BCUT2D eigenvalue weighted by Crippen LogP contribution is 2.35. The van der Waals surface area contributed by atoms with E-state index in [1.54, 1.807) is 24.8 Å². The van der Waals surface area contributed by atoms with E-state index in [0.29, 0.717) is 35.7 Å². The van der Waals surface area contributed by atoms with Crippen LogP contribution in [-0.4, -0.2) is 61.7 Å². The minimum atomic E-state index is -3.78. The molecule has 1 N–H and O–H groups in total. The summed E-state index contributed by atoms with van der Waals surface area (Å²) < 4.78 is 33.7. The van der Waals surface area contributed by atoms with Crippen LogP contribution in [0.4, 0.5) is 5.69 Å². The molecule has 0 bridgehead atoms. The van der Waals surface area contributed by atoms with Gasteiger partial charge in [0.15, 0.2) is 6.10 Å². The number of piperazine rings is 1. The summed E-state index contributed by atoms with van der Waals surface area (Å²) in [5.74, 6) is -0.00955. The maximum atomic E-state index is 13.4. The van der Waals surface area contributed by atoms with Crippen molar-refractivity contribution in [2.24, 2.45) is 0 Å². The van der Waals surface area contributed by atoms with Gasteiger partial charge in [0, 0.05) is 37.8 Å². The average Bonchev–Trinajstić information content (AvgIpc) is 2.74. The number of nitrogens with zero attached hydrogens (tertiary/aromatic N) is 2. The van der Waals surface area contributed by atoms with Crippen LogP contribution in [0.2, 0.25) is 0 Å². The number of carbonyl (C=O) groups is 2. The molecule has 2 aliphatic heterocycles. The molecule has 2 aliphatic rings. The SMILES string of the molecule is Cc1ccc(C(=O)N2CCN(S(=O)(=O)c3cc4c(cc3C)NC(=O)[C@@H](C)O4)CC2)c(C)c1. The first-order chi connectivity index (χ1) is 15.1. The van der Waals surface area contributed by atoms with Crippen molar-refractivity contribution in [1.29, 1.82) is 0 Å². The van der Waals surface area contributed by atoms with Gasteiger partial charge in [0.1, 0.15) is 5.75 Å². The zero-order chi connectivity index (χ0) is 23.2. The van der Waals surface area contributed by atoms with Gasteiger partial charge in [0.25, 0.3) is 11.8 Å². The Morgan fingerprint density at radius 2 is 1.72 bits per heavy atom. The molecule has 0 radical (unpaired) electrons. The second-order valence-electron chi connectivity index (χ2n) is 8.38. The van der Waals surface area contributed by atoms with Crippen LogP contribution in [0, 0.1) is 20.8 Å². The third-order valence-corrected chi connectivity index (χ3v) is 8.00. The van der Waals surface area contributed by atoms with Crippen LogP contribution in [0.3, 0.4) is 0 Å². The lowest BCUT2D eigenvalue weighted by atomic mass is 10.0. The van der Waals surface area contributed by atoms with Gasteiger partial charge in [0.2, 0.25) is 10.0 Å². The number of sulfonamides is 1. The van der Waals surface area contributed by atoms with E-state index < -0.39 is 16.1 Å². The van der Waals surface area contributed by atoms with Crippen molar-refractivity contribution >= 4 is 27.5 Å². The second kappa shape index (κ2) is 8.22. The predicted octanol–water partition coefficient (Wildman–Crippen LogP) is 2.48. The Bertz CT molecular complexity index is 1200. The first-order valence-corrected chi connectivity index (χ1v) is 12.0. The molecule has 32 heavy (non-hydrogen) atoms. The van der Waals surface area contributed by atoms with Gasteiger partial charge in [-0.05, 0) is 51.0 Å². The van der Waals surface area contributed by atoms with Gasteiger partial charge in [-0.25, -0.2) is 8.42 Å². The Hall–Kier alpha value is -2.91. The van der Waals surface area contributed by atoms with E-state index in [-0.39, 0.29) is 29.8 Å². The molecule has 4 rings (SSSR count). The number of anilines is 1. The largest absolute Gasteiger partial charge is 0.479 e. The molecule has 2 aromatic rings. The second-order valence-corrected chi connectivity index (χ2v) is 10.3. The monoisotopic (exact) mass is 457 g/mol. The molecule has 0 aliphatic carbocycles. The van der Waals surface area contributed by atoms with E-state index in [4.69, 9.17) is 4.74 Å². The van der Waals surface area contributed by atoms with E-state index in [9.17, 15) is 18.0 Å². The highest BCUT2D eigenvalue weighted by Gasteiger charge is 2.33.